The van der Waals surface area contributed by atoms with Crippen LogP contribution in [0.5, 0.6) is 11.5 Å². The van der Waals surface area contributed by atoms with E-state index in [2.05, 4.69) is 20.6 Å². The maximum atomic E-state index is 14.8. The summed E-state index contributed by atoms with van der Waals surface area (Å²) in [4.78, 5) is 20.7. The maximum absolute atomic E-state index is 14.8. The van der Waals surface area contributed by atoms with Crippen molar-refractivity contribution in [1.82, 2.24) is 9.97 Å². The number of anilines is 3. The van der Waals surface area contributed by atoms with Crippen molar-refractivity contribution < 1.29 is 18.7 Å². The number of primary amides is 1. The van der Waals surface area contributed by atoms with Gasteiger partial charge in [0.25, 0.3) is 5.91 Å². The van der Waals surface area contributed by atoms with Gasteiger partial charge in [-0.25, -0.2) is 9.37 Å². The van der Waals surface area contributed by atoms with E-state index in [0.717, 1.165) is 42.9 Å². The molecule has 1 aliphatic rings. The first-order valence-corrected chi connectivity index (χ1v) is 11.4. The van der Waals surface area contributed by atoms with E-state index in [9.17, 15) is 9.18 Å². The number of methoxy groups -OCH3 is 2. The molecule has 1 saturated carbocycles. The van der Waals surface area contributed by atoms with E-state index in [1.54, 1.807) is 32.7 Å². The Morgan fingerprint density at radius 1 is 1.03 bits per heavy atom. The fourth-order valence-corrected chi connectivity index (χ4v) is 4.21. The Balaban J connectivity index is 1.64. The molecule has 0 radical (unpaired) electrons. The van der Waals surface area contributed by atoms with Crippen LogP contribution in [0.4, 0.5) is 21.7 Å². The van der Waals surface area contributed by atoms with Crippen molar-refractivity contribution in [1.29, 1.82) is 0 Å². The summed E-state index contributed by atoms with van der Waals surface area (Å²) in [5.74, 6) is -0.141. The second-order valence-electron chi connectivity index (χ2n) is 8.44. The van der Waals surface area contributed by atoms with Crippen LogP contribution >= 0.6 is 0 Å². The van der Waals surface area contributed by atoms with Crippen LogP contribution in [0.15, 0.2) is 42.7 Å². The monoisotopic (exact) mass is 480 g/mol. The summed E-state index contributed by atoms with van der Waals surface area (Å²) in [6, 6.07) is 8.22. The van der Waals surface area contributed by atoms with E-state index in [4.69, 9.17) is 20.9 Å². The minimum Gasteiger partial charge on any atom is -0.493 e. The zero-order chi connectivity index (χ0) is 24.9. The SMILES string of the molecule is COc1ccc(-c2cncc(Nc3nc(NC4CCCCC4N)c(F)cc3C(N)=O)c2)cc1OC. The third-order valence-electron chi connectivity index (χ3n) is 6.10. The largest absolute Gasteiger partial charge is 0.493 e. The fraction of sp³-hybridized carbons (Fsp3) is 0.320. The van der Waals surface area contributed by atoms with Crippen LogP contribution in [0.3, 0.4) is 0 Å². The minimum absolute atomic E-state index is 0.0175. The van der Waals surface area contributed by atoms with E-state index >= 15 is 0 Å². The standard InChI is InChI=1S/C25H29FN6O3/c1-34-21-8-7-14(10-22(21)35-2)15-9-16(13-29-12-15)30-24-17(23(28)33)11-18(26)25(32-24)31-20-6-4-3-5-19(20)27/h7-13,19-20H,3-6,27H2,1-2H3,(H2,28,33)(H2,30,31,32). The molecule has 6 N–H and O–H groups in total. The number of amides is 1. The Morgan fingerprint density at radius 3 is 2.51 bits per heavy atom. The molecule has 2 unspecified atom stereocenters. The third kappa shape index (κ3) is 5.43. The molecule has 35 heavy (non-hydrogen) atoms. The molecule has 2 atom stereocenters. The van der Waals surface area contributed by atoms with Gasteiger partial charge in [0.2, 0.25) is 0 Å². The predicted octanol–water partition coefficient (Wildman–Crippen LogP) is 3.82. The summed E-state index contributed by atoms with van der Waals surface area (Å²) in [6.07, 6.45) is 7.00. The number of carbonyl (C=O) groups is 1. The van der Waals surface area contributed by atoms with Crippen molar-refractivity contribution in [3.63, 3.8) is 0 Å². The number of carbonyl (C=O) groups excluding carboxylic acids is 1. The summed E-state index contributed by atoms with van der Waals surface area (Å²) in [7, 11) is 3.13. The number of halogens is 1. The molecule has 1 aliphatic carbocycles. The molecule has 184 valence electrons. The highest BCUT2D eigenvalue weighted by Gasteiger charge is 2.24. The normalized spacial score (nSPS) is 17.5. The first-order chi connectivity index (χ1) is 16.9. The summed E-state index contributed by atoms with van der Waals surface area (Å²) < 4.78 is 25.5. The summed E-state index contributed by atoms with van der Waals surface area (Å²) in [6.45, 7) is 0. The Kier molecular flexibility index (Phi) is 7.31. The Bertz CT molecular complexity index is 1220. The van der Waals surface area contributed by atoms with Gasteiger partial charge in [0.05, 0.1) is 31.7 Å². The molecule has 2 heterocycles. The summed E-state index contributed by atoms with van der Waals surface area (Å²) in [5, 5.41) is 6.17. The lowest BCUT2D eigenvalue weighted by atomic mass is 9.91. The molecule has 0 spiro atoms. The van der Waals surface area contributed by atoms with Crippen LogP contribution in [-0.4, -0.2) is 42.2 Å². The lowest BCUT2D eigenvalue weighted by Crippen LogP contribution is -2.43. The fourth-order valence-electron chi connectivity index (χ4n) is 4.21. The van der Waals surface area contributed by atoms with Crippen LogP contribution in [0.25, 0.3) is 11.1 Å². The van der Waals surface area contributed by atoms with E-state index in [-0.39, 0.29) is 29.3 Å². The highest BCUT2D eigenvalue weighted by atomic mass is 19.1. The second-order valence-corrected chi connectivity index (χ2v) is 8.44. The summed E-state index contributed by atoms with van der Waals surface area (Å²) >= 11 is 0. The number of ether oxygens (including phenoxy) is 2. The van der Waals surface area contributed by atoms with Gasteiger partial charge < -0.3 is 31.6 Å². The lowest BCUT2D eigenvalue weighted by Gasteiger charge is -2.30. The van der Waals surface area contributed by atoms with Crippen molar-refractivity contribution in [3.05, 3.63) is 54.1 Å². The zero-order valence-electron chi connectivity index (χ0n) is 19.7. The van der Waals surface area contributed by atoms with Crippen LogP contribution < -0.4 is 31.6 Å². The Morgan fingerprint density at radius 2 is 1.80 bits per heavy atom. The molecule has 9 nitrogen and oxygen atoms in total. The Labute approximate surface area is 203 Å². The van der Waals surface area contributed by atoms with Gasteiger partial charge in [-0.15, -0.1) is 0 Å². The van der Waals surface area contributed by atoms with Crippen LogP contribution in [0.2, 0.25) is 0 Å². The highest BCUT2D eigenvalue weighted by molar-refractivity contribution is 5.98. The van der Waals surface area contributed by atoms with E-state index in [1.165, 1.54) is 0 Å². The van der Waals surface area contributed by atoms with Crippen LogP contribution in [-0.2, 0) is 0 Å². The number of hydrogen-bond acceptors (Lipinski definition) is 8. The van der Waals surface area contributed by atoms with Gasteiger partial charge in [0.1, 0.15) is 5.82 Å². The molecule has 2 aromatic heterocycles. The number of pyridine rings is 2. The number of hydrogen-bond donors (Lipinski definition) is 4. The molecular weight excluding hydrogens is 451 g/mol. The van der Waals surface area contributed by atoms with Gasteiger partial charge in [0.15, 0.2) is 23.1 Å². The quantitative estimate of drug-likeness (QED) is 0.382. The minimum atomic E-state index is -0.802. The van der Waals surface area contributed by atoms with Crippen molar-refractivity contribution in [2.75, 3.05) is 24.9 Å². The number of aromatic nitrogens is 2. The van der Waals surface area contributed by atoms with E-state index in [1.807, 2.05) is 18.2 Å². The van der Waals surface area contributed by atoms with Gasteiger partial charge in [-0.05, 0) is 42.7 Å². The van der Waals surface area contributed by atoms with Gasteiger partial charge in [-0.1, -0.05) is 18.9 Å². The number of rotatable bonds is 8. The van der Waals surface area contributed by atoms with Crippen LogP contribution in [0, 0.1) is 5.82 Å². The topological polar surface area (TPSA) is 137 Å². The van der Waals surface area contributed by atoms with Crippen molar-refractivity contribution in [3.8, 4) is 22.6 Å². The summed E-state index contributed by atoms with van der Waals surface area (Å²) in [5.41, 5.74) is 13.8. The first kappa shape index (κ1) is 24.2. The van der Waals surface area contributed by atoms with Gasteiger partial charge >= 0.3 is 0 Å². The maximum Gasteiger partial charge on any atom is 0.252 e. The van der Waals surface area contributed by atoms with Crippen molar-refractivity contribution >= 4 is 23.2 Å². The van der Waals surface area contributed by atoms with E-state index in [0.29, 0.717) is 17.2 Å². The molecular formula is C25H29FN6O3. The number of nitrogens with one attached hydrogen (secondary N) is 2. The molecule has 0 aliphatic heterocycles. The molecule has 0 saturated heterocycles. The predicted molar refractivity (Wildman–Crippen MR) is 133 cm³/mol. The zero-order valence-corrected chi connectivity index (χ0v) is 19.7. The molecule has 10 heteroatoms. The van der Waals surface area contributed by atoms with Gasteiger partial charge in [-0.2, -0.15) is 0 Å². The third-order valence-corrected chi connectivity index (χ3v) is 6.10. The highest BCUT2D eigenvalue weighted by Crippen LogP contribution is 2.33. The molecule has 4 rings (SSSR count). The van der Waals surface area contributed by atoms with Crippen molar-refractivity contribution in [2.45, 2.75) is 37.8 Å². The molecule has 3 aromatic rings. The molecule has 0 bridgehead atoms. The molecule has 1 aromatic carbocycles. The van der Waals surface area contributed by atoms with Crippen LogP contribution in [0.1, 0.15) is 36.0 Å². The van der Waals surface area contributed by atoms with E-state index < -0.39 is 11.7 Å². The smallest absolute Gasteiger partial charge is 0.252 e. The Hall–Kier alpha value is -3.92. The van der Waals surface area contributed by atoms with Gasteiger partial charge in [-0.3, -0.25) is 9.78 Å². The van der Waals surface area contributed by atoms with Gasteiger partial charge in [0, 0.05) is 23.8 Å². The second kappa shape index (κ2) is 10.6. The average Bonchev–Trinajstić information content (AvgIpc) is 2.86. The average molecular weight is 481 g/mol. The number of nitrogens with two attached hydrogens (primary N) is 2. The molecule has 1 fully saturated rings. The van der Waals surface area contributed by atoms with Crippen molar-refractivity contribution in [2.24, 2.45) is 11.5 Å². The number of nitrogens with zero attached hydrogens (tertiary/aromatic N) is 2. The lowest BCUT2D eigenvalue weighted by molar-refractivity contribution is 0.100. The number of benzene rings is 1. The first-order valence-electron chi connectivity index (χ1n) is 11.4. The molecule has 1 amide bonds.